The second kappa shape index (κ2) is 4.98. The van der Waals surface area contributed by atoms with Gasteiger partial charge < -0.3 is 11.1 Å². The van der Waals surface area contributed by atoms with E-state index in [1.54, 1.807) is 19.1 Å². The topological polar surface area (TPSA) is 75.4 Å². The van der Waals surface area contributed by atoms with Crippen LogP contribution in [0.15, 0.2) is 18.2 Å². The van der Waals surface area contributed by atoms with E-state index in [0.717, 1.165) is 4.90 Å². The lowest BCUT2D eigenvalue weighted by Crippen LogP contribution is -2.45. The van der Waals surface area contributed by atoms with Crippen molar-refractivity contribution in [2.24, 2.45) is 5.92 Å². The zero-order chi connectivity index (χ0) is 15.1. The maximum Gasteiger partial charge on any atom is 0.329 e. The Morgan fingerprint density at radius 1 is 1.40 bits per heavy atom. The van der Waals surface area contributed by atoms with Crippen LogP contribution in [0.5, 0.6) is 0 Å². The number of nitrogens with two attached hydrogens (primary N) is 1. The fraction of sp³-hybridized carbons (Fsp3) is 0.429. The number of nitrogen functional groups attached to an aromatic ring is 1. The van der Waals surface area contributed by atoms with Crippen molar-refractivity contribution in [3.05, 3.63) is 23.2 Å². The van der Waals surface area contributed by atoms with Gasteiger partial charge in [0.2, 0.25) is 0 Å². The molecule has 1 aliphatic heterocycles. The third kappa shape index (κ3) is 2.45. The van der Waals surface area contributed by atoms with Crippen LogP contribution >= 0.6 is 11.6 Å². The van der Waals surface area contributed by atoms with Crippen LogP contribution in [0.2, 0.25) is 5.02 Å². The summed E-state index contributed by atoms with van der Waals surface area (Å²) in [6.07, 6.45) is 0.570. The molecule has 0 unspecified atom stereocenters. The van der Waals surface area contributed by atoms with Crippen molar-refractivity contribution in [2.75, 3.05) is 10.6 Å². The Bertz CT molecular complexity index is 574. The second-order valence-corrected chi connectivity index (χ2v) is 6.12. The number of hydrogen-bond donors (Lipinski definition) is 2. The Morgan fingerprint density at radius 2 is 2.05 bits per heavy atom. The number of nitrogens with one attached hydrogen (secondary N) is 1. The summed E-state index contributed by atoms with van der Waals surface area (Å²) < 4.78 is 0. The Kier molecular flexibility index (Phi) is 3.65. The highest BCUT2D eigenvalue weighted by Crippen LogP contribution is 2.34. The molecule has 0 saturated carbocycles. The summed E-state index contributed by atoms with van der Waals surface area (Å²) in [5, 5.41) is 3.03. The molecule has 0 radical (unpaired) electrons. The molecule has 0 bridgehead atoms. The van der Waals surface area contributed by atoms with Crippen LogP contribution in [0.3, 0.4) is 0 Å². The fourth-order valence-electron chi connectivity index (χ4n) is 2.56. The number of carbonyl (C=O) groups excluding carboxylic acids is 2. The van der Waals surface area contributed by atoms with Gasteiger partial charge in [0.25, 0.3) is 5.91 Å². The molecule has 1 aromatic carbocycles. The summed E-state index contributed by atoms with van der Waals surface area (Å²) >= 11 is 6.09. The molecule has 108 valence electrons. The van der Waals surface area contributed by atoms with Gasteiger partial charge in [0.15, 0.2) is 0 Å². The van der Waals surface area contributed by atoms with Crippen molar-refractivity contribution in [1.29, 1.82) is 0 Å². The first kappa shape index (κ1) is 14.7. The minimum atomic E-state index is -0.893. The van der Waals surface area contributed by atoms with Crippen LogP contribution in [0.4, 0.5) is 16.2 Å². The second-order valence-electron chi connectivity index (χ2n) is 5.71. The molecule has 3 N–H and O–H groups in total. The monoisotopic (exact) mass is 295 g/mol. The van der Waals surface area contributed by atoms with E-state index in [0.29, 0.717) is 17.8 Å². The Morgan fingerprint density at radius 3 is 2.60 bits per heavy atom. The zero-order valence-electron chi connectivity index (χ0n) is 11.7. The molecular weight excluding hydrogens is 278 g/mol. The molecule has 20 heavy (non-hydrogen) atoms. The van der Waals surface area contributed by atoms with Gasteiger partial charge in [0.1, 0.15) is 5.54 Å². The molecule has 6 heteroatoms. The van der Waals surface area contributed by atoms with Gasteiger partial charge in [-0.2, -0.15) is 0 Å². The highest BCUT2D eigenvalue weighted by Gasteiger charge is 2.48. The molecule has 3 amide bonds. The van der Waals surface area contributed by atoms with Gasteiger partial charge in [-0.05, 0) is 37.5 Å². The van der Waals surface area contributed by atoms with Crippen molar-refractivity contribution in [3.8, 4) is 0 Å². The van der Waals surface area contributed by atoms with Crippen LogP contribution < -0.4 is 16.0 Å². The summed E-state index contributed by atoms with van der Waals surface area (Å²) in [6, 6.07) is 4.26. The minimum absolute atomic E-state index is 0.280. The molecule has 5 nitrogen and oxygen atoms in total. The molecule has 0 aromatic heterocycles. The maximum atomic E-state index is 12.6. The maximum absolute atomic E-state index is 12.6. The van der Waals surface area contributed by atoms with Gasteiger partial charge >= 0.3 is 6.03 Å². The number of urea groups is 1. The Labute approximate surface area is 123 Å². The molecular formula is C14H18ClN3O2. The average Bonchev–Trinajstić information content (AvgIpc) is 2.50. The van der Waals surface area contributed by atoms with E-state index < -0.39 is 11.6 Å². The molecule has 0 spiro atoms. The predicted molar refractivity (Wildman–Crippen MR) is 79.7 cm³/mol. The van der Waals surface area contributed by atoms with Gasteiger partial charge in [-0.1, -0.05) is 25.4 Å². The van der Waals surface area contributed by atoms with Crippen molar-refractivity contribution < 1.29 is 9.59 Å². The first-order valence-electron chi connectivity index (χ1n) is 6.46. The highest BCUT2D eigenvalue weighted by atomic mass is 35.5. The Hall–Kier alpha value is -1.75. The fourth-order valence-corrected chi connectivity index (χ4v) is 2.84. The van der Waals surface area contributed by atoms with E-state index in [-0.39, 0.29) is 16.8 Å². The van der Waals surface area contributed by atoms with Crippen molar-refractivity contribution in [3.63, 3.8) is 0 Å². The third-order valence-electron chi connectivity index (χ3n) is 3.29. The minimum Gasteiger partial charge on any atom is -0.399 e. The number of imide groups is 1. The number of anilines is 2. The lowest BCUT2D eigenvalue weighted by Gasteiger charge is -2.23. The first-order chi connectivity index (χ1) is 9.24. The lowest BCUT2D eigenvalue weighted by atomic mass is 9.91. The standard InChI is InChI=1S/C14H18ClN3O2/c1-8(2)7-14(3)12(19)18(13(20)17-14)11-5-4-9(16)6-10(11)15/h4-6,8H,7,16H2,1-3H3,(H,17,20)/t14-/m0/s1. The number of benzene rings is 1. The van der Waals surface area contributed by atoms with Crippen LogP contribution in [0, 0.1) is 5.92 Å². The first-order valence-corrected chi connectivity index (χ1v) is 6.84. The van der Waals surface area contributed by atoms with Gasteiger partial charge in [0, 0.05) is 5.69 Å². The molecule has 1 heterocycles. The van der Waals surface area contributed by atoms with E-state index in [9.17, 15) is 9.59 Å². The zero-order valence-corrected chi connectivity index (χ0v) is 12.5. The molecule has 2 rings (SSSR count). The van der Waals surface area contributed by atoms with Crippen molar-refractivity contribution in [1.82, 2.24) is 5.32 Å². The van der Waals surface area contributed by atoms with Gasteiger partial charge in [0.05, 0.1) is 10.7 Å². The van der Waals surface area contributed by atoms with Crippen molar-refractivity contribution in [2.45, 2.75) is 32.7 Å². The average molecular weight is 296 g/mol. The molecule has 1 aliphatic rings. The highest BCUT2D eigenvalue weighted by molar-refractivity contribution is 6.36. The molecule has 1 aromatic rings. The lowest BCUT2D eigenvalue weighted by molar-refractivity contribution is -0.122. The summed E-state index contributed by atoms with van der Waals surface area (Å²) in [5.74, 6) is -0.00559. The number of rotatable bonds is 3. The van der Waals surface area contributed by atoms with E-state index in [2.05, 4.69) is 5.32 Å². The van der Waals surface area contributed by atoms with E-state index in [1.807, 2.05) is 13.8 Å². The molecule has 0 aliphatic carbocycles. The number of carbonyl (C=O) groups is 2. The summed E-state index contributed by atoms with van der Waals surface area (Å²) in [4.78, 5) is 25.8. The molecule has 1 saturated heterocycles. The normalized spacial score (nSPS) is 22.6. The number of amides is 3. The summed E-state index contributed by atoms with van der Waals surface area (Å²) in [7, 11) is 0. The largest absolute Gasteiger partial charge is 0.399 e. The quantitative estimate of drug-likeness (QED) is 0.665. The SMILES string of the molecule is CC(C)C[C@]1(C)NC(=O)N(c2ccc(N)cc2Cl)C1=O. The van der Waals surface area contributed by atoms with Gasteiger partial charge in [-0.25, -0.2) is 9.69 Å². The van der Waals surface area contributed by atoms with Crippen LogP contribution in [0.1, 0.15) is 27.2 Å². The van der Waals surface area contributed by atoms with Gasteiger partial charge in [-0.15, -0.1) is 0 Å². The predicted octanol–water partition coefficient (Wildman–Crippen LogP) is 2.78. The van der Waals surface area contributed by atoms with Gasteiger partial charge in [-0.3, -0.25) is 4.79 Å². The number of halogens is 1. The van der Waals surface area contributed by atoms with E-state index in [4.69, 9.17) is 17.3 Å². The Balaban J connectivity index is 2.38. The smallest absolute Gasteiger partial charge is 0.329 e. The third-order valence-corrected chi connectivity index (χ3v) is 3.59. The summed E-state index contributed by atoms with van der Waals surface area (Å²) in [6.45, 7) is 5.74. The molecule has 1 fully saturated rings. The molecule has 1 atom stereocenters. The van der Waals surface area contributed by atoms with E-state index >= 15 is 0 Å². The van der Waals surface area contributed by atoms with Crippen molar-refractivity contribution >= 4 is 34.9 Å². The number of hydrogen-bond acceptors (Lipinski definition) is 3. The van der Waals surface area contributed by atoms with Crippen LogP contribution in [-0.4, -0.2) is 17.5 Å². The van der Waals surface area contributed by atoms with Crippen LogP contribution in [-0.2, 0) is 4.79 Å². The van der Waals surface area contributed by atoms with E-state index in [1.165, 1.54) is 6.07 Å². The van der Waals surface area contributed by atoms with Crippen LogP contribution in [0.25, 0.3) is 0 Å². The summed E-state index contributed by atoms with van der Waals surface area (Å²) in [5.41, 5.74) is 5.57. The number of nitrogens with zero attached hydrogens (tertiary/aromatic N) is 1.